The van der Waals surface area contributed by atoms with Crippen molar-refractivity contribution in [1.29, 1.82) is 0 Å². The lowest BCUT2D eigenvalue weighted by Gasteiger charge is -2.11. The predicted molar refractivity (Wildman–Crippen MR) is 108 cm³/mol. The summed E-state index contributed by atoms with van der Waals surface area (Å²) in [7, 11) is 0. The lowest BCUT2D eigenvalue weighted by atomic mass is 10.2. The Bertz CT molecular complexity index is 949. The summed E-state index contributed by atoms with van der Waals surface area (Å²) in [5.74, 6) is 1.08. The molecular weight excluding hydrogens is 380 g/mol. The summed E-state index contributed by atoms with van der Waals surface area (Å²) in [6.07, 6.45) is 2.16. The molecule has 1 aliphatic rings. The molecule has 27 heavy (non-hydrogen) atoms. The summed E-state index contributed by atoms with van der Waals surface area (Å²) < 4.78 is 1.98. The number of rotatable bonds is 6. The molecule has 0 saturated heterocycles. The Kier molecular flexibility index (Phi) is 5.18. The van der Waals surface area contributed by atoms with Gasteiger partial charge >= 0.3 is 0 Å². The van der Waals surface area contributed by atoms with E-state index in [1.807, 2.05) is 47.9 Å². The van der Waals surface area contributed by atoms with Gasteiger partial charge in [-0.2, -0.15) is 0 Å². The molecule has 7 heteroatoms. The second-order valence-electron chi connectivity index (χ2n) is 6.61. The molecule has 0 unspecified atom stereocenters. The molecule has 1 N–H and O–H groups in total. The molecule has 1 fully saturated rings. The number of halogens is 1. The zero-order chi connectivity index (χ0) is 18.8. The molecule has 1 aliphatic carbocycles. The molecule has 0 spiro atoms. The average Bonchev–Trinajstić information content (AvgIpc) is 3.38. The van der Waals surface area contributed by atoms with Gasteiger partial charge in [-0.15, -0.1) is 10.2 Å². The smallest absolute Gasteiger partial charge is 0.230 e. The van der Waals surface area contributed by atoms with Crippen LogP contribution in [-0.2, 0) is 4.79 Å². The Morgan fingerprint density at radius 3 is 2.52 bits per heavy atom. The van der Waals surface area contributed by atoms with Crippen molar-refractivity contribution in [3.8, 4) is 17.1 Å². The van der Waals surface area contributed by atoms with E-state index in [0.29, 0.717) is 22.0 Å². The topological polar surface area (TPSA) is 59.8 Å². The van der Waals surface area contributed by atoms with Gasteiger partial charge in [0.1, 0.15) is 0 Å². The number of benzene rings is 2. The number of thioether (sulfide) groups is 1. The van der Waals surface area contributed by atoms with E-state index in [1.165, 1.54) is 17.3 Å². The monoisotopic (exact) mass is 398 g/mol. The molecule has 1 heterocycles. The van der Waals surface area contributed by atoms with E-state index in [-0.39, 0.29) is 5.91 Å². The van der Waals surface area contributed by atoms with Crippen LogP contribution in [-0.4, -0.2) is 32.5 Å². The number of aryl methyl sites for hydroxylation is 1. The normalized spacial score (nSPS) is 13.6. The van der Waals surface area contributed by atoms with E-state index in [1.54, 1.807) is 0 Å². The summed E-state index contributed by atoms with van der Waals surface area (Å²) in [6.45, 7) is 2.05. The van der Waals surface area contributed by atoms with Crippen molar-refractivity contribution < 1.29 is 4.79 Å². The van der Waals surface area contributed by atoms with E-state index in [0.717, 1.165) is 29.9 Å². The maximum Gasteiger partial charge on any atom is 0.230 e. The Labute approximate surface area is 167 Å². The standard InChI is InChI=1S/C20H19ClN4OS/c1-13-2-10-17(11-3-13)25-19(14-4-6-15(21)7-5-14)23-24-20(25)27-12-18(26)22-16-8-9-16/h2-7,10-11,16H,8-9,12H2,1H3,(H,22,26). The lowest BCUT2D eigenvalue weighted by Crippen LogP contribution is -2.27. The van der Waals surface area contributed by atoms with Gasteiger partial charge in [0.25, 0.3) is 0 Å². The number of hydrogen-bond donors (Lipinski definition) is 1. The molecule has 0 aliphatic heterocycles. The average molecular weight is 399 g/mol. The number of carbonyl (C=O) groups excluding carboxylic acids is 1. The largest absolute Gasteiger partial charge is 0.353 e. The molecule has 1 amide bonds. The summed E-state index contributed by atoms with van der Waals surface area (Å²) in [5.41, 5.74) is 3.06. The summed E-state index contributed by atoms with van der Waals surface area (Å²) in [6, 6.07) is 16.0. The van der Waals surface area contributed by atoms with Gasteiger partial charge in [-0.1, -0.05) is 41.1 Å². The summed E-state index contributed by atoms with van der Waals surface area (Å²) >= 11 is 7.41. The minimum Gasteiger partial charge on any atom is -0.353 e. The van der Waals surface area contributed by atoms with Crippen LogP contribution >= 0.6 is 23.4 Å². The molecule has 3 aromatic rings. The van der Waals surface area contributed by atoms with Gasteiger partial charge in [-0.3, -0.25) is 9.36 Å². The van der Waals surface area contributed by atoms with Crippen molar-refractivity contribution in [2.24, 2.45) is 0 Å². The van der Waals surface area contributed by atoms with E-state index in [4.69, 9.17) is 11.6 Å². The summed E-state index contributed by atoms with van der Waals surface area (Å²) in [4.78, 5) is 12.1. The van der Waals surface area contributed by atoms with Crippen LogP contribution in [0.4, 0.5) is 0 Å². The molecule has 0 atom stereocenters. The highest BCUT2D eigenvalue weighted by Gasteiger charge is 2.24. The van der Waals surface area contributed by atoms with E-state index < -0.39 is 0 Å². The number of nitrogens with zero attached hydrogens (tertiary/aromatic N) is 3. The van der Waals surface area contributed by atoms with Gasteiger partial charge in [-0.05, 0) is 56.2 Å². The molecule has 0 radical (unpaired) electrons. The second-order valence-corrected chi connectivity index (χ2v) is 7.99. The quantitative estimate of drug-likeness (QED) is 0.630. The molecule has 2 aromatic carbocycles. The van der Waals surface area contributed by atoms with Gasteiger partial charge in [0.15, 0.2) is 11.0 Å². The van der Waals surface area contributed by atoms with Crippen LogP contribution in [0.1, 0.15) is 18.4 Å². The minimum atomic E-state index is 0.0361. The van der Waals surface area contributed by atoms with Gasteiger partial charge in [0.05, 0.1) is 5.75 Å². The number of carbonyl (C=O) groups is 1. The van der Waals surface area contributed by atoms with Gasteiger partial charge in [0.2, 0.25) is 5.91 Å². The number of aromatic nitrogens is 3. The Hall–Kier alpha value is -2.31. The molecule has 138 valence electrons. The highest BCUT2D eigenvalue weighted by molar-refractivity contribution is 7.99. The first-order valence-corrected chi connectivity index (χ1v) is 10.2. The van der Waals surface area contributed by atoms with Crippen molar-refractivity contribution in [3.05, 3.63) is 59.1 Å². The fourth-order valence-electron chi connectivity index (χ4n) is 2.70. The molecule has 1 aromatic heterocycles. The highest BCUT2D eigenvalue weighted by atomic mass is 35.5. The number of hydrogen-bond acceptors (Lipinski definition) is 4. The molecule has 4 rings (SSSR count). The predicted octanol–water partition coefficient (Wildman–Crippen LogP) is 4.27. The van der Waals surface area contributed by atoms with E-state index in [2.05, 4.69) is 27.6 Å². The van der Waals surface area contributed by atoms with Crippen molar-refractivity contribution in [1.82, 2.24) is 20.1 Å². The van der Waals surface area contributed by atoms with Crippen LogP contribution in [0.15, 0.2) is 53.7 Å². The third-order valence-corrected chi connectivity index (χ3v) is 5.48. The fourth-order valence-corrected chi connectivity index (χ4v) is 3.59. The van der Waals surface area contributed by atoms with Gasteiger partial charge in [0, 0.05) is 22.3 Å². The molecule has 1 saturated carbocycles. The highest BCUT2D eigenvalue weighted by Crippen LogP contribution is 2.29. The maximum absolute atomic E-state index is 12.1. The van der Waals surface area contributed by atoms with E-state index >= 15 is 0 Å². The van der Waals surface area contributed by atoms with Crippen LogP contribution in [0.5, 0.6) is 0 Å². The molecule has 5 nitrogen and oxygen atoms in total. The Morgan fingerprint density at radius 2 is 1.85 bits per heavy atom. The lowest BCUT2D eigenvalue weighted by molar-refractivity contribution is -0.118. The first-order valence-electron chi connectivity index (χ1n) is 8.81. The first kappa shape index (κ1) is 18.1. The van der Waals surface area contributed by atoms with Gasteiger partial charge in [-0.25, -0.2) is 0 Å². The van der Waals surface area contributed by atoms with Crippen molar-refractivity contribution in [3.63, 3.8) is 0 Å². The van der Waals surface area contributed by atoms with Crippen molar-refractivity contribution in [2.75, 3.05) is 5.75 Å². The second kappa shape index (κ2) is 7.74. The van der Waals surface area contributed by atoms with E-state index in [9.17, 15) is 4.79 Å². The van der Waals surface area contributed by atoms with Gasteiger partial charge < -0.3 is 5.32 Å². The zero-order valence-electron chi connectivity index (χ0n) is 14.9. The minimum absolute atomic E-state index is 0.0361. The Balaban J connectivity index is 1.66. The zero-order valence-corrected chi connectivity index (χ0v) is 16.4. The fraction of sp³-hybridized carbons (Fsp3) is 0.250. The van der Waals surface area contributed by atoms with Crippen molar-refractivity contribution in [2.45, 2.75) is 31.0 Å². The van der Waals surface area contributed by atoms with Crippen molar-refractivity contribution >= 4 is 29.3 Å². The van der Waals surface area contributed by atoms with Crippen LogP contribution < -0.4 is 5.32 Å². The Morgan fingerprint density at radius 1 is 1.15 bits per heavy atom. The number of amides is 1. The van der Waals surface area contributed by atoms with Crippen LogP contribution in [0.2, 0.25) is 5.02 Å². The first-order chi connectivity index (χ1) is 13.1. The number of nitrogens with one attached hydrogen (secondary N) is 1. The van der Waals surface area contributed by atoms with Crippen LogP contribution in [0.3, 0.4) is 0 Å². The third kappa shape index (κ3) is 4.34. The summed E-state index contributed by atoms with van der Waals surface area (Å²) in [5, 5.41) is 13.1. The molecule has 0 bridgehead atoms. The van der Waals surface area contributed by atoms with Crippen LogP contribution in [0, 0.1) is 6.92 Å². The molecular formula is C20H19ClN4OS. The maximum atomic E-state index is 12.1. The van der Waals surface area contributed by atoms with Crippen LogP contribution in [0.25, 0.3) is 17.1 Å². The SMILES string of the molecule is Cc1ccc(-n2c(SCC(=O)NC3CC3)nnc2-c2ccc(Cl)cc2)cc1. The third-order valence-electron chi connectivity index (χ3n) is 4.30.